The van der Waals surface area contributed by atoms with Crippen molar-refractivity contribution in [3.05, 3.63) is 0 Å². The highest BCUT2D eigenvalue weighted by Crippen LogP contribution is 2.12. The largest absolute Gasteiger partial charge is 0.480 e. The number of nitrogens with two attached hydrogens (primary N) is 1. The van der Waals surface area contributed by atoms with Gasteiger partial charge in [0.25, 0.3) is 0 Å². The Bertz CT molecular complexity index is 280. The number of nitrogens with zero attached hydrogens (tertiary/aromatic N) is 2. The minimum atomic E-state index is -0.995. The van der Waals surface area contributed by atoms with E-state index in [1.54, 1.807) is 18.7 Å². The SMILES string of the molecule is CC(C)N(CC(=O)O)C(=O)N1CCC(N)C1. The van der Waals surface area contributed by atoms with Gasteiger partial charge >= 0.3 is 12.0 Å². The van der Waals surface area contributed by atoms with Gasteiger partial charge in [-0.25, -0.2) is 4.79 Å². The molecule has 6 heteroatoms. The Morgan fingerprint density at radius 2 is 2.19 bits per heavy atom. The zero-order valence-corrected chi connectivity index (χ0v) is 9.72. The van der Waals surface area contributed by atoms with Crippen LogP contribution < -0.4 is 5.73 Å². The molecule has 16 heavy (non-hydrogen) atoms. The molecule has 1 aliphatic rings. The number of aliphatic carboxylic acids is 1. The molecule has 0 aromatic rings. The van der Waals surface area contributed by atoms with Gasteiger partial charge in [-0.1, -0.05) is 0 Å². The van der Waals surface area contributed by atoms with Crippen molar-refractivity contribution < 1.29 is 14.7 Å². The molecular weight excluding hydrogens is 210 g/mol. The molecule has 1 fully saturated rings. The number of hydrogen-bond acceptors (Lipinski definition) is 3. The molecule has 0 bridgehead atoms. The van der Waals surface area contributed by atoms with Crippen molar-refractivity contribution in [3.8, 4) is 0 Å². The molecule has 1 rings (SSSR count). The molecule has 0 spiro atoms. The number of hydrogen-bond donors (Lipinski definition) is 2. The van der Waals surface area contributed by atoms with Crippen LogP contribution in [0.5, 0.6) is 0 Å². The Labute approximate surface area is 95.0 Å². The molecule has 1 unspecified atom stereocenters. The lowest BCUT2D eigenvalue weighted by Crippen LogP contribution is -2.48. The number of urea groups is 1. The summed E-state index contributed by atoms with van der Waals surface area (Å²) in [5, 5.41) is 8.74. The van der Waals surface area contributed by atoms with E-state index in [0.717, 1.165) is 6.42 Å². The number of carbonyl (C=O) groups excluding carboxylic acids is 1. The maximum atomic E-state index is 12.0. The third kappa shape index (κ3) is 3.10. The smallest absolute Gasteiger partial charge is 0.323 e. The fourth-order valence-corrected chi connectivity index (χ4v) is 1.76. The first-order chi connectivity index (χ1) is 7.41. The minimum Gasteiger partial charge on any atom is -0.480 e. The van der Waals surface area contributed by atoms with Gasteiger partial charge in [0.2, 0.25) is 0 Å². The minimum absolute atomic E-state index is 0.0165. The van der Waals surface area contributed by atoms with Crippen LogP contribution in [0.4, 0.5) is 4.79 Å². The summed E-state index contributed by atoms with van der Waals surface area (Å²) in [5.41, 5.74) is 5.71. The number of amides is 2. The third-order valence-electron chi connectivity index (χ3n) is 2.67. The van der Waals surface area contributed by atoms with Crippen LogP contribution in [-0.2, 0) is 4.79 Å². The van der Waals surface area contributed by atoms with Crippen molar-refractivity contribution in [2.75, 3.05) is 19.6 Å². The fourth-order valence-electron chi connectivity index (χ4n) is 1.76. The van der Waals surface area contributed by atoms with E-state index < -0.39 is 5.97 Å². The molecule has 0 aromatic carbocycles. The molecule has 0 saturated carbocycles. The lowest BCUT2D eigenvalue weighted by atomic mass is 10.3. The zero-order valence-electron chi connectivity index (χ0n) is 9.72. The lowest BCUT2D eigenvalue weighted by Gasteiger charge is -2.29. The van der Waals surface area contributed by atoms with Crippen LogP contribution in [0.3, 0.4) is 0 Å². The lowest BCUT2D eigenvalue weighted by molar-refractivity contribution is -0.138. The van der Waals surface area contributed by atoms with Crippen LogP contribution in [0.25, 0.3) is 0 Å². The molecule has 1 aliphatic heterocycles. The molecule has 1 heterocycles. The molecule has 0 aromatic heterocycles. The van der Waals surface area contributed by atoms with E-state index in [0.29, 0.717) is 13.1 Å². The highest BCUT2D eigenvalue weighted by Gasteiger charge is 2.29. The normalized spacial score (nSPS) is 20.2. The van der Waals surface area contributed by atoms with E-state index in [9.17, 15) is 9.59 Å². The predicted octanol–water partition coefficient (Wildman–Crippen LogP) is -0.0656. The number of likely N-dealkylation sites (tertiary alicyclic amines) is 1. The molecule has 0 aliphatic carbocycles. The topological polar surface area (TPSA) is 86.9 Å². The van der Waals surface area contributed by atoms with Gasteiger partial charge in [0, 0.05) is 25.2 Å². The quantitative estimate of drug-likeness (QED) is 0.709. The van der Waals surface area contributed by atoms with Crippen molar-refractivity contribution in [1.29, 1.82) is 0 Å². The maximum Gasteiger partial charge on any atom is 0.323 e. The monoisotopic (exact) mass is 229 g/mol. The van der Waals surface area contributed by atoms with Gasteiger partial charge in [-0.15, -0.1) is 0 Å². The Morgan fingerprint density at radius 3 is 2.56 bits per heavy atom. The van der Waals surface area contributed by atoms with Crippen LogP contribution in [0.1, 0.15) is 20.3 Å². The summed E-state index contributed by atoms with van der Waals surface area (Å²) >= 11 is 0. The number of carboxylic acids is 1. The molecule has 1 atom stereocenters. The highest BCUT2D eigenvalue weighted by molar-refractivity contribution is 5.80. The van der Waals surface area contributed by atoms with Crippen LogP contribution in [0.15, 0.2) is 0 Å². The Morgan fingerprint density at radius 1 is 1.56 bits per heavy atom. The van der Waals surface area contributed by atoms with Gasteiger partial charge in [0.05, 0.1) is 0 Å². The Hall–Kier alpha value is -1.30. The molecule has 92 valence electrons. The number of carboxylic acid groups (broad SMARTS) is 1. The molecule has 1 saturated heterocycles. The van der Waals surface area contributed by atoms with Crippen molar-refractivity contribution >= 4 is 12.0 Å². The summed E-state index contributed by atoms with van der Waals surface area (Å²) in [4.78, 5) is 25.6. The average Bonchev–Trinajstić information content (AvgIpc) is 2.59. The summed E-state index contributed by atoms with van der Waals surface area (Å²) in [6, 6.07) is -0.339. The van der Waals surface area contributed by atoms with Crippen molar-refractivity contribution in [2.45, 2.75) is 32.4 Å². The van der Waals surface area contributed by atoms with Gasteiger partial charge in [0.1, 0.15) is 6.54 Å². The van der Waals surface area contributed by atoms with E-state index in [4.69, 9.17) is 10.8 Å². The first-order valence-electron chi connectivity index (χ1n) is 5.44. The van der Waals surface area contributed by atoms with Crippen LogP contribution >= 0.6 is 0 Å². The average molecular weight is 229 g/mol. The first kappa shape index (κ1) is 12.8. The van der Waals surface area contributed by atoms with Gasteiger partial charge in [0.15, 0.2) is 0 Å². The number of rotatable bonds is 3. The van der Waals surface area contributed by atoms with Gasteiger partial charge in [-0.3, -0.25) is 4.79 Å². The fraction of sp³-hybridized carbons (Fsp3) is 0.800. The second-order valence-corrected chi connectivity index (χ2v) is 4.39. The van der Waals surface area contributed by atoms with Crippen LogP contribution in [-0.4, -0.2) is 58.6 Å². The van der Waals surface area contributed by atoms with Gasteiger partial charge < -0.3 is 20.6 Å². The van der Waals surface area contributed by atoms with E-state index in [2.05, 4.69) is 0 Å². The third-order valence-corrected chi connectivity index (χ3v) is 2.67. The Kier molecular flexibility index (Phi) is 4.12. The van der Waals surface area contributed by atoms with E-state index in [1.165, 1.54) is 4.90 Å². The van der Waals surface area contributed by atoms with Crippen molar-refractivity contribution in [2.24, 2.45) is 5.73 Å². The molecule has 6 nitrogen and oxygen atoms in total. The predicted molar refractivity (Wildman–Crippen MR) is 59.0 cm³/mol. The highest BCUT2D eigenvalue weighted by atomic mass is 16.4. The van der Waals surface area contributed by atoms with E-state index >= 15 is 0 Å². The summed E-state index contributed by atoms with van der Waals surface area (Å²) < 4.78 is 0. The summed E-state index contributed by atoms with van der Waals surface area (Å²) in [5.74, 6) is -0.995. The maximum absolute atomic E-state index is 12.0. The summed E-state index contributed by atoms with van der Waals surface area (Å²) in [6.45, 7) is 4.47. The standard InChI is InChI=1S/C10H19N3O3/c1-7(2)13(6-9(14)15)10(16)12-4-3-8(11)5-12/h7-8H,3-6,11H2,1-2H3,(H,14,15). The van der Waals surface area contributed by atoms with E-state index in [-0.39, 0.29) is 24.7 Å². The summed E-state index contributed by atoms with van der Waals surface area (Å²) in [6.07, 6.45) is 0.782. The molecule has 2 amide bonds. The van der Waals surface area contributed by atoms with E-state index in [1.807, 2.05) is 0 Å². The van der Waals surface area contributed by atoms with Gasteiger partial charge in [-0.05, 0) is 20.3 Å². The number of carbonyl (C=O) groups is 2. The molecule has 3 N–H and O–H groups in total. The van der Waals surface area contributed by atoms with Crippen LogP contribution in [0, 0.1) is 0 Å². The zero-order chi connectivity index (χ0) is 12.3. The van der Waals surface area contributed by atoms with Crippen molar-refractivity contribution in [3.63, 3.8) is 0 Å². The second kappa shape index (κ2) is 5.16. The molecular formula is C10H19N3O3. The van der Waals surface area contributed by atoms with Crippen LogP contribution in [0.2, 0.25) is 0 Å². The van der Waals surface area contributed by atoms with Gasteiger partial charge in [-0.2, -0.15) is 0 Å². The van der Waals surface area contributed by atoms with Crippen molar-refractivity contribution in [1.82, 2.24) is 9.80 Å². The second-order valence-electron chi connectivity index (χ2n) is 4.39. The molecule has 0 radical (unpaired) electrons. The Balaban J connectivity index is 2.63. The first-order valence-corrected chi connectivity index (χ1v) is 5.44. The summed E-state index contributed by atoms with van der Waals surface area (Å²) in [7, 11) is 0.